The second kappa shape index (κ2) is 11.5. The van der Waals surface area contributed by atoms with Gasteiger partial charge in [-0.05, 0) is 142 Å². The molecule has 210 valence electrons. The van der Waals surface area contributed by atoms with E-state index in [-0.39, 0.29) is 12.2 Å². The van der Waals surface area contributed by atoms with E-state index >= 15 is 0 Å². The molecule has 0 heterocycles. The van der Waals surface area contributed by atoms with Crippen LogP contribution in [0.4, 0.5) is 0 Å². The predicted molar refractivity (Wildman–Crippen MR) is 152 cm³/mol. The molecule has 0 aromatic carbocycles. The molecule has 0 saturated heterocycles. The van der Waals surface area contributed by atoms with Crippen molar-refractivity contribution in [3.63, 3.8) is 0 Å². The summed E-state index contributed by atoms with van der Waals surface area (Å²) < 4.78 is 0. The van der Waals surface area contributed by atoms with Crippen LogP contribution in [0.2, 0.25) is 0 Å². The Morgan fingerprint density at radius 2 is 1.53 bits per heavy atom. The van der Waals surface area contributed by atoms with Crippen LogP contribution in [0, 0.1) is 58.2 Å². The summed E-state index contributed by atoms with van der Waals surface area (Å²) >= 11 is 0. The minimum Gasteiger partial charge on any atom is -0.393 e. The van der Waals surface area contributed by atoms with Crippen molar-refractivity contribution < 1.29 is 10.2 Å². The highest BCUT2D eigenvalue weighted by molar-refractivity contribution is 5.12. The quantitative estimate of drug-likeness (QED) is 0.271. The van der Waals surface area contributed by atoms with E-state index in [1.165, 1.54) is 57.8 Å². The zero-order valence-corrected chi connectivity index (χ0v) is 24.9. The number of rotatable bonds is 10. The van der Waals surface area contributed by atoms with Crippen molar-refractivity contribution in [3.8, 4) is 0 Å². The molecule has 0 aliphatic heterocycles. The standard InChI is InChI=1S/C33H61NO2/c1-21(2)9-8-18-34-25-14-16-32(6)24(19-25)20-30(36)31-27-12-11-26(33(27,7)17-15-28(31)32)23(5)10-13-29(35)22(3)4/h21-31,34-36H,8-20H2,1-7H3/t23-,24-,25?,26-,27?,28?,29-,30?,31?,32+,33-/m1/s1. The SMILES string of the molecule is CC(C)CCCNC1CC[C@]2(C)C3CC[C@@]4(C)C(CC[C@@H]4[C@H](C)CC[C@@H](O)C(C)C)C3C(O)C[C@H]2C1. The van der Waals surface area contributed by atoms with Crippen molar-refractivity contribution >= 4 is 0 Å². The van der Waals surface area contributed by atoms with E-state index in [4.69, 9.17) is 0 Å². The van der Waals surface area contributed by atoms with Crippen molar-refractivity contribution in [1.82, 2.24) is 5.32 Å². The zero-order valence-electron chi connectivity index (χ0n) is 24.9. The maximum Gasteiger partial charge on any atom is 0.0577 e. The van der Waals surface area contributed by atoms with Gasteiger partial charge in [0.1, 0.15) is 0 Å². The van der Waals surface area contributed by atoms with Crippen LogP contribution in [0.15, 0.2) is 0 Å². The van der Waals surface area contributed by atoms with Crippen molar-refractivity contribution in [2.45, 2.75) is 144 Å². The van der Waals surface area contributed by atoms with Gasteiger partial charge < -0.3 is 15.5 Å². The molecule has 0 spiro atoms. The number of hydrogen-bond donors (Lipinski definition) is 3. The summed E-state index contributed by atoms with van der Waals surface area (Å²) in [5.41, 5.74) is 0.801. The van der Waals surface area contributed by atoms with Crippen LogP contribution in [0.3, 0.4) is 0 Å². The average Bonchev–Trinajstić information content (AvgIpc) is 3.17. The van der Waals surface area contributed by atoms with Crippen LogP contribution in [0.1, 0.15) is 126 Å². The molecule has 0 amide bonds. The van der Waals surface area contributed by atoms with Gasteiger partial charge in [0.2, 0.25) is 0 Å². The summed E-state index contributed by atoms with van der Waals surface area (Å²) in [6.45, 7) is 17.8. The second-order valence-electron chi connectivity index (χ2n) is 15.4. The highest BCUT2D eigenvalue weighted by Gasteiger charge is 2.62. The maximum atomic E-state index is 11.7. The van der Waals surface area contributed by atoms with Crippen molar-refractivity contribution in [3.05, 3.63) is 0 Å². The fraction of sp³-hybridized carbons (Fsp3) is 1.00. The van der Waals surface area contributed by atoms with Gasteiger partial charge in [-0.1, -0.05) is 48.5 Å². The van der Waals surface area contributed by atoms with Crippen LogP contribution in [-0.2, 0) is 0 Å². The van der Waals surface area contributed by atoms with Crippen molar-refractivity contribution in [2.24, 2.45) is 58.2 Å². The van der Waals surface area contributed by atoms with E-state index in [0.29, 0.717) is 52.4 Å². The molecule has 3 nitrogen and oxygen atoms in total. The monoisotopic (exact) mass is 503 g/mol. The van der Waals surface area contributed by atoms with E-state index < -0.39 is 0 Å². The normalized spacial score (nSPS) is 44.2. The first-order chi connectivity index (χ1) is 17.0. The highest BCUT2D eigenvalue weighted by atomic mass is 16.3. The molecule has 11 atom stereocenters. The summed E-state index contributed by atoms with van der Waals surface area (Å²) in [7, 11) is 0. The minimum absolute atomic E-state index is 0.103. The molecule has 4 saturated carbocycles. The van der Waals surface area contributed by atoms with Crippen LogP contribution >= 0.6 is 0 Å². The molecule has 4 aliphatic rings. The van der Waals surface area contributed by atoms with Crippen molar-refractivity contribution in [1.29, 1.82) is 0 Å². The molecule has 0 aromatic rings. The molecule has 3 N–H and O–H groups in total. The van der Waals surface area contributed by atoms with Crippen molar-refractivity contribution in [2.75, 3.05) is 6.54 Å². The number of hydrogen-bond acceptors (Lipinski definition) is 3. The summed E-state index contributed by atoms with van der Waals surface area (Å²) in [6.07, 6.45) is 14.8. The average molecular weight is 504 g/mol. The Labute approximate surface area is 224 Å². The Balaban J connectivity index is 1.39. The Morgan fingerprint density at radius 1 is 0.833 bits per heavy atom. The van der Waals surface area contributed by atoms with Gasteiger partial charge in [0.25, 0.3) is 0 Å². The summed E-state index contributed by atoms with van der Waals surface area (Å²) in [4.78, 5) is 0. The van der Waals surface area contributed by atoms with E-state index in [2.05, 4.69) is 53.8 Å². The number of aliphatic hydroxyl groups excluding tert-OH is 2. The maximum absolute atomic E-state index is 11.7. The molecule has 3 heteroatoms. The van der Waals surface area contributed by atoms with Gasteiger partial charge in [-0.25, -0.2) is 0 Å². The van der Waals surface area contributed by atoms with Gasteiger partial charge in [-0.15, -0.1) is 0 Å². The predicted octanol–water partition coefficient (Wildman–Crippen LogP) is 7.44. The Morgan fingerprint density at radius 3 is 2.22 bits per heavy atom. The first-order valence-electron chi connectivity index (χ1n) is 16.1. The van der Waals surface area contributed by atoms with Crippen LogP contribution in [0.25, 0.3) is 0 Å². The molecular weight excluding hydrogens is 442 g/mol. The van der Waals surface area contributed by atoms with Gasteiger partial charge in [-0.3, -0.25) is 0 Å². The zero-order chi connectivity index (χ0) is 26.3. The topological polar surface area (TPSA) is 52.5 Å². The summed E-state index contributed by atoms with van der Waals surface area (Å²) in [5, 5.41) is 26.0. The summed E-state index contributed by atoms with van der Waals surface area (Å²) in [6, 6.07) is 0.658. The number of aliphatic hydroxyl groups is 2. The largest absolute Gasteiger partial charge is 0.393 e. The lowest BCUT2D eigenvalue weighted by Gasteiger charge is -2.62. The molecule has 4 aliphatic carbocycles. The van der Waals surface area contributed by atoms with Gasteiger partial charge in [0, 0.05) is 6.04 Å². The number of fused-ring (bicyclic) bond motifs is 5. The lowest BCUT2D eigenvalue weighted by molar-refractivity contribution is -0.167. The molecule has 4 fully saturated rings. The van der Waals surface area contributed by atoms with Gasteiger partial charge in [0.05, 0.1) is 12.2 Å². The summed E-state index contributed by atoms with van der Waals surface area (Å²) in [5.74, 6) is 5.19. The van der Waals surface area contributed by atoms with E-state index in [1.54, 1.807) is 0 Å². The smallest absolute Gasteiger partial charge is 0.0577 e. The minimum atomic E-state index is -0.162. The van der Waals surface area contributed by atoms with Gasteiger partial charge in [-0.2, -0.15) is 0 Å². The fourth-order valence-electron chi connectivity index (χ4n) is 10.2. The fourth-order valence-corrected chi connectivity index (χ4v) is 10.2. The van der Waals surface area contributed by atoms with Gasteiger partial charge >= 0.3 is 0 Å². The van der Waals surface area contributed by atoms with Crippen LogP contribution < -0.4 is 5.32 Å². The second-order valence-corrected chi connectivity index (χ2v) is 15.4. The Hall–Kier alpha value is -0.120. The third-order valence-electron chi connectivity index (χ3n) is 12.5. The third kappa shape index (κ3) is 5.60. The molecule has 4 rings (SSSR count). The third-order valence-corrected chi connectivity index (χ3v) is 12.5. The molecule has 36 heavy (non-hydrogen) atoms. The molecule has 5 unspecified atom stereocenters. The van der Waals surface area contributed by atoms with E-state index in [0.717, 1.165) is 37.6 Å². The lowest BCUT2D eigenvalue weighted by Crippen LogP contribution is -2.59. The Bertz CT molecular complexity index is 708. The first kappa shape index (κ1) is 28.9. The molecule has 0 bridgehead atoms. The highest BCUT2D eigenvalue weighted by Crippen LogP contribution is 2.68. The molecule has 0 radical (unpaired) electrons. The Kier molecular flexibility index (Phi) is 9.26. The van der Waals surface area contributed by atoms with E-state index in [1.807, 2.05) is 0 Å². The van der Waals surface area contributed by atoms with E-state index in [9.17, 15) is 10.2 Å². The van der Waals surface area contributed by atoms with Crippen LogP contribution in [0.5, 0.6) is 0 Å². The molecule has 0 aromatic heterocycles. The first-order valence-corrected chi connectivity index (χ1v) is 16.1. The lowest BCUT2D eigenvalue weighted by atomic mass is 9.43. The number of nitrogens with one attached hydrogen (secondary N) is 1. The van der Waals surface area contributed by atoms with Gasteiger partial charge in [0.15, 0.2) is 0 Å². The van der Waals surface area contributed by atoms with Crippen LogP contribution in [-0.4, -0.2) is 35.0 Å². The molecular formula is C33H61NO2.